The van der Waals surface area contributed by atoms with Crippen molar-refractivity contribution in [2.75, 3.05) is 11.1 Å². The Morgan fingerprint density at radius 3 is 2.53 bits per heavy atom. The van der Waals surface area contributed by atoms with Crippen molar-refractivity contribution < 1.29 is 0 Å². The maximum absolute atomic E-state index is 5.83. The smallest absolute Gasteiger partial charge is 0.151 e. The van der Waals surface area contributed by atoms with E-state index in [2.05, 4.69) is 31.1 Å². The predicted octanol–water partition coefficient (Wildman–Crippen LogP) is 3.31. The van der Waals surface area contributed by atoms with Crippen molar-refractivity contribution in [3.8, 4) is 0 Å². The third-order valence-electron chi connectivity index (χ3n) is 2.87. The second kappa shape index (κ2) is 4.71. The molecule has 0 spiro atoms. The molecular weight excluding hydrogens is 210 g/mol. The Bertz CT molecular complexity index is 335. The summed E-state index contributed by atoms with van der Waals surface area (Å²) in [6.45, 7) is 6.42. The molecule has 4 heteroatoms. The summed E-state index contributed by atoms with van der Waals surface area (Å²) in [5.74, 6) is 0.675. The molecule has 0 radical (unpaired) electrons. The van der Waals surface area contributed by atoms with Gasteiger partial charge in [0.25, 0.3) is 0 Å². The SMILES string of the molecule is CCC(C)(CC)Nc1nc(Cl)ccc1N. The largest absolute Gasteiger partial charge is 0.396 e. The highest BCUT2D eigenvalue weighted by atomic mass is 35.5. The maximum Gasteiger partial charge on any atom is 0.151 e. The Hall–Kier alpha value is -0.960. The number of hydrogen-bond acceptors (Lipinski definition) is 3. The highest BCUT2D eigenvalue weighted by molar-refractivity contribution is 6.29. The molecule has 0 atom stereocenters. The number of nitrogens with two attached hydrogens (primary N) is 1. The van der Waals surface area contributed by atoms with Gasteiger partial charge >= 0.3 is 0 Å². The Morgan fingerprint density at radius 1 is 1.40 bits per heavy atom. The molecule has 0 aromatic carbocycles. The fourth-order valence-electron chi connectivity index (χ4n) is 1.26. The zero-order chi connectivity index (χ0) is 11.5. The van der Waals surface area contributed by atoms with E-state index in [0.717, 1.165) is 12.8 Å². The summed E-state index contributed by atoms with van der Waals surface area (Å²) in [4.78, 5) is 4.18. The van der Waals surface area contributed by atoms with Gasteiger partial charge in [0.1, 0.15) is 5.15 Å². The molecule has 0 saturated heterocycles. The molecule has 3 nitrogen and oxygen atoms in total. The van der Waals surface area contributed by atoms with Crippen LogP contribution in [0.2, 0.25) is 5.15 Å². The Kier molecular flexibility index (Phi) is 3.80. The van der Waals surface area contributed by atoms with Crippen LogP contribution in [-0.2, 0) is 0 Å². The molecule has 0 unspecified atom stereocenters. The fourth-order valence-corrected chi connectivity index (χ4v) is 1.41. The van der Waals surface area contributed by atoms with E-state index < -0.39 is 0 Å². The van der Waals surface area contributed by atoms with Crippen LogP contribution >= 0.6 is 11.6 Å². The van der Waals surface area contributed by atoms with Crippen molar-refractivity contribution in [1.29, 1.82) is 0 Å². The Morgan fingerprint density at radius 2 is 2.00 bits per heavy atom. The first-order valence-electron chi connectivity index (χ1n) is 5.21. The summed E-state index contributed by atoms with van der Waals surface area (Å²) in [6, 6.07) is 3.46. The molecule has 0 aliphatic heterocycles. The highest BCUT2D eigenvalue weighted by Gasteiger charge is 2.20. The van der Waals surface area contributed by atoms with Gasteiger partial charge in [0, 0.05) is 5.54 Å². The van der Waals surface area contributed by atoms with E-state index in [-0.39, 0.29) is 5.54 Å². The Balaban J connectivity index is 2.92. The van der Waals surface area contributed by atoms with Gasteiger partial charge in [0.15, 0.2) is 5.82 Å². The van der Waals surface area contributed by atoms with Gasteiger partial charge in [0.05, 0.1) is 5.69 Å². The average Bonchev–Trinajstić information content (AvgIpc) is 2.23. The van der Waals surface area contributed by atoms with Gasteiger partial charge in [-0.25, -0.2) is 4.98 Å². The van der Waals surface area contributed by atoms with Gasteiger partial charge < -0.3 is 11.1 Å². The number of hydrogen-bond donors (Lipinski definition) is 2. The molecule has 3 N–H and O–H groups in total. The zero-order valence-electron chi connectivity index (χ0n) is 9.47. The van der Waals surface area contributed by atoms with Crippen LogP contribution in [0.1, 0.15) is 33.6 Å². The van der Waals surface area contributed by atoms with Crippen molar-refractivity contribution in [3.63, 3.8) is 0 Å². The van der Waals surface area contributed by atoms with Crippen LogP contribution in [0.3, 0.4) is 0 Å². The van der Waals surface area contributed by atoms with Gasteiger partial charge in [-0.05, 0) is 31.9 Å². The minimum absolute atomic E-state index is 0.0196. The number of nitrogen functional groups attached to an aromatic ring is 1. The van der Waals surface area contributed by atoms with Crippen LogP contribution in [0.15, 0.2) is 12.1 Å². The van der Waals surface area contributed by atoms with Crippen LogP contribution in [0, 0.1) is 0 Å². The molecule has 0 bridgehead atoms. The molecule has 1 aromatic rings. The molecule has 84 valence electrons. The van der Waals surface area contributed by atoms with Crippen molar-refractivity contribution in [2.45, 2.75) is 39.2 Å². The van der Waals surface area contributed by atoms with Gasteiger partial charge in [0.2, 0.25) is 0 Å². The zero-order valence-corrected chi connectivity index (χ0v) is 10.2. The molecule has 1 heterocycles. The normalized spacial score (nSPS) is 11.5. The predicted molar refractivity (Wildman–Crippen MR) is 66.3 cm³/mol. The van der Waals surface area contributed by atoms with Crippen molar-refractivity contribution in [1.82, 2.24) is 4.98 Å². The van der Waals surface area contributed by atoms with E-state index in [0.29, 0.717) is 16.7 Å². The number of aromatic nitrogens is 1. The molecule has 0 saturated carbocycles. The highest BCUT2D eigenvalue weighted by Crippen LogP contribution is 2.25. The lowest BCUT2D eigenvalue weighted by Crippen LogP contribution is -2.33. The fraction of sp³-hybridized carbons (Fsp3) is 0.545. The lowest BCUT2D eigenvalue weighted by Gasteiger charge is -2.29. The number of nitrogens with zero attached hydrogens (tertiary/aromatic N) is 1. The lowest BCUT2D eigenvalue weighted by atomic mass is 9.95. The van der Waals surface area contributed by atoms with Gasteiger partial charge in [-0.2, -0.15) is 0 Å². The van der Waals surface area contributed by atoms with Gasteiger partial charge in [-0.3, -0.25) is 0 Å². The molecule has 15 heavy (non-hydrogen) atoms. The topological polar surface area (TPSA) is 50.9 Å². The second-order valence-electron chi connectivity index (χ2n) is 3.96. The van der Waals surface area contributed by atoms with E-state index in [1.807, 2.05) is 0 Å². The van der Waals surface area contributed by atoms with Crippen LogP contribution < -0.4 is 11.1 Å². The van der Waals surface area contributed by atoms with Crippen LogP contribution in [0.5, 0.6) is 0 Å². The van der Waals surface area contributed by atoms with E-state index >= 15 is 0 Å². The first-order valence-corrected chi connectivity index (χ1v) is 5.58. The third kappa shape index (κ3) is 2.99. The van der Waals surface area contributed by atoms with Crippen molar-refractivity contribution in [3.05, 3.63) is 17.3 Å². The second-order valence-corrected chi connectivity index (χ2v) is 4.35. The van der Waals surface area contributed by atoms with Crippen LogP contribution in [-0.4, -0.2) is 10.5 Å². The monoisotopic (exact) mass is 227 g/mol. The molecule has 0 aliphatic rings. The minimum Gasteiger partial charge on any atom is -0.396 e. The summed E-state index contributed by atoms with van der Waals surface area (Å²) in [5, 5.41) is 3.80. The maximum atomic E-state index is 5.83. The molecule has 0 aliphatic carbocycles. The van der Waals surface area contributed by atoms with Crippen LogP contribution in [0.25, 0.3) is 0 Å². The van der Waals surface area contributed by atoms with E-state index in [4.69, 9.17) is 17.3 Å². The molecular formula is C11H18ClN3. The summed E-state index contributed by atoms with van der Waals surface area (Å²) in [5.41, 5.74) is 6.47. The minimum atomic E-state index is 0.0196. The first-order chi connectivity index (χ1) is 7.00. The van der Waals surface area contributed by atoms with Crippen LogP contribution in [0.4, 0.5) is 11.5 Å². The number of rotatable bonds is 4. The van der Waals surface area contributed by atoms with Crippen molar-refractivity contribution >= 4 is 23.1 Å². The average molecular weight is 228 g/mol. The number of anilines is 2. The molecule has 0 fully saturated rings. The number of halogens is 1. The first kappa shape index (κ1) is 12.1. The summed E-state index contributed by atoms with van der Waals surface area (Å²) >= 11 is 5.83. The van der Waals surface area contributed by atoms with E-state index in [1.165, 1.54) is 0 Å². The lowest BCUT2D eigenvalue weighted by molar-refractivity contribution is 0.477. The number of pyridine rings is 1. The summed E-state index contributed by atoms with van der Waals surface area (Å²) < 4.78 is 0. The number of nitrogens with one attached hydrogen (secondary N) is 1. The quantitative estimate of drug-likeness (QED) is 0.776. The van der Waals surface area contributed by atoms with Gasteiger partial charge in [-0.15, -0.1) is 0 Å². The summed E-state index contributed by atoms with van der Waals surface area (Å²) in [6.07, 6.45) is 2.02. The standard InChI is InChI=1S/C11H18ClN3/c1-4-11(3,5-2)15-10-8(13)6-7-9(12)14-10/h6-7H,4-5,13H2,1-3H3,(H,14,15). The molecule has 1 rings (SSSR count). The van der Waals surface area contributed by atoms with Crippen molar-refractivity contribution in [2.24, 2.45) is 0 Å². The van der Waals surface area contributed by atoms with E-state index in [1.54, 1.807) is 12.1 Å². The van der Waals surface area contributed by atoms with E-state index in [9.17, 15) is 0 Å². The summed E-state index contributed by atoms with van der Waals surface area (Å²) in [7, 11) is 0. The third-order valence-corrected chi connectivity index (χ3v) is 3.08. The van der Waals surface area contributed by atoms with Gasteiger partial charge in [-0.1, -0.05) is 25.4 Å². The molecule has 1 aromatic heterocycles. The Labute approximate surface area is 96.0 Å². The molecule has 0 amide bonds.